The summed E-state index contributed by atoms with van der Waals surface area (Å²) in [5.74, 6) is -1.19. The number of amidine groups is 1. The number of halogens is 2. The van der Waals surface area contributed by atoms with Gasteiger partial charge in [0, 0.05) is 23.5 Å². The summed E-state index contributed by atoms with van der Waals surface area (Å²) in [4.78, 5) is 19.4. The second-order valence-corrected chi connectivity index (χ2v) is 7.33. The van der Waals surface area contributed by atoms with Crippen LogP contribution >= 0.6 is 0 Å². The van der Waals surface area contributed by atoms with Crippen LogP contribution in [0.15, 0.2) is 59.5 Å². The lowest BCUT2D eigenvalue weighted by molar-refractivity contribution is 0.351. The van der Waals surface area contributed by atoms with Crippen LogP contribution in [-0.4, -0.2) is 39.8 Å². The predicted molar refractivity (Wildman–Crippen MR) is 124 cm³/mol. The predicted octanol–water partition coefficient (Wildman–Crippen LogP) is 2.74. The van der Waals surface area contributed by atoms with Crippen molar-refractivity contribution >= 4 is 11.5 Å². The molecule has 2 aromatic heterocycles. The molecule has 0 aliphatic heterocycles. The van der Waals surface area contributed by atoms with Crippen molar-refractivity contribution in [2.75, 3.05) is 19.5 Å². The number of ether oxygens (including phenoxy) is 2. The number of anilines is 1. The highest BCUT2D eigenvalue weighted by molar-refractivity contribution is 5.95. The molecule has 12 heteroatoms. The maximum atomic E-state index is 15.2. The van der Waals surface area contributed by atoms with Crippen molar-refractivity contribution in [3.63, 3.8) is 0 Å². The Morgan fingerprint density at radius 1 is 1.11 bits per heavy atom. The Labute approximate surface area is 197 Å². The summed E-state index contributed by atoms with van der Waals surface area (Å²) in [6.07, 6.45) is 1.50. The fourth-order valence-corrected chi connectivity index (χ4v) is 3.48. The number of pyridine rings is 1. The summed E-state index contributed by atoms with van der Waals surface area (Å²) >= 11 is 0. The zero-order valence-corrected chi connectivity index (χ0v) is 18.7. The smallest absolute Gasteiger partial charge is 0.349 e. The number of benzene rings is 2. The van der Waals surface area contributed by atoms with E-state index in [1.54, 1.807) is 18.2 Å². The number of hydrogen-bond donors (Lipinski definition) is 4. The largest absolute Gasteiger partial charge is 0.493 e. The van der Waals surface area contributed by atoms with Crippen molar-refractivity contribution in [1.82, 2.24) is 19.7 Å². The van der Waals surface area contributed by atoms with Gasteiger partial charge in [0.25, 0.3) is 0 Å². The Morgan fingerprint density at radius 2 is 1.86 bits per heavy atom. The van der Waals surface area contributed by atoms with Crippen molar-refractivity contribution in [3.05, 3.63) is 93.8 Å². The van der Waals surface area contributed by atoms with Gasteiger partial charge in [-0.2, -0.15) is 4.68 Å². The highest BCUT2D eigenvalue weighted by Crippen LogP contribution is 2.35. The van der Waals surface area contributed by atoms with Gasteiger partial charge >= 0.3 is 5.69 Å². The summed E-state index contributed by atoms with van der Waals surface area (Å²) in [7, 11) is 2.77. The standard InChI is InChI=1S/C23H21F2N7O3/c1-34-17-10-14(16(25)11-18(17)35-2)20(29-12-6-7-13(21(26)27)15(24)9-12)22-30-23(33)32(31-22)19-5-3-4-8-28-19/h3-11,20,29H,1-2H3,(H3,26,27)(H,30,31,33). The molecule has 0 aliphatic rings. The first kappa shape index (κ1) is 23.4. The van der Waals surface area contributed by atoms with E-state index in [-0.39, 0.29) is 40.0 Å². The molecule has 2 heterocycles. The van der Waals surface area contributed by atoms with Crippen molar-refractivity contribution in [2.24, 2.45) is 5.73 Å². The van der Waals surface area contributed by atoms with Crippen LogP contribution in [0, 0.1) is 17.0 Å². The van der Waals surface area contributed by atoms with Gasteiger partial charge in [0.1, 0.15) is 23.5 Å². The van der Waals surface area contributed by atoms with Gasteiger partial charge in [-0.05, 0) is 36.4 Å². The quantitative estimate of drug-likeness (QED) is 0.224. The lowest BCUT2D eigenvalue weighted by Crippen LogP contribution is -2.18. The molecular weight excluding hydrogens is 460 g/mol. The van der Waals surface area contributed by atoms with Gasteiger partial charge in [0.2, 0.25) is 0 Å². The summed E-state index contributed by atoms with van der Waals surface area (Å²) in [5, 5.41) is 14.7. The number of methoxy groups -OCH3 is 2. The van der Waals surface area contributed by atoms with E-state index in [0.29, 0.717) is 0 Å². The number of nitrogens with zero attached hydrogens (tertiary/aromatic N) is 3. The molecular formula is C23H21F2N7O3. The molecule has 0 bridgehead atoms. The second kappa shape index (κ2) is 9.63. The van der Waals surface area contributed by atoms with Crippen LogP contribution in [0.4, 0.5) is 14.5 Å². The topological polar surface area (TPSA) is 144 Å². The van der Waals surface area contributed by atoms with E-state index in [1.165, 1.54) is 38.6 Å². The number of nitrogen functional groups attached to an aromatic ring is 1. The zero-order valence-electron chi connectivity index (χ0n) is 18.7. The van der Waals surface area contributed by atoms with E-state index in [4.69, 9.17) is 20.6 Å². The molecule has 0 amide bonds. The summed E-state index contributed by atoms with van der Waals surface area (Å²) in [6, 6.07) is 10.3. The SMILES string of the molecule is COc1cc(F)c(C(Nc2ccc(C(=N)N)c(F)c2)c2nn(-c3ccccn3)c(=O)[nH]2)cc1OC. The Balaban J connectivity index is 1.85. The van der Waals surface area contributed by atoms with E-state index in [1.807, 2.05) is 0 Å². The van der Waals surface area contributed by atoms with Gasteiger partial charge in [0.05, 0.1) is 19.8 Å². The van der Waals surface area contributed by atoms with Crippen LogP contribution in [0.25, 0.3) is 5.82 Å². The maximum absolute atomic E-state index is 15.2. The van der Waals surface area contributed by atoms with Crippen molar-refractivity contribution in [1.29, 1.82) is 5.41 Å². The van der Waals surface area contributed by atoms with E-state index >= 15 is 4.39 Å². The fraction of sp³-hybridized carbons (Fsp3) is 0.130. The molecule has 0 radical (unpaired) electrons. The molecule has 0 saturated heterocycles. The van der Waals surface area contributed by atoms with Gasteiger partial charge in [-0.15, -0.1) is 5.10 Å². The van der Waals surface area contributed by atoms with Crippen LogP contribution in [0.3, 0.4) is 0 Å². The first-order valence-electron chi connectivity index (χ1n) is 10.2. The highest BCUT2D eigenvalue weighted by Gasteiger charge is 2.26. The third-order valence-electron chi connectivity index (χ3n) is 5.16. The molecule has 4 rings (SSSR count). The van der Waals surface area contributed by atoms with E-state index < -0.39 is 29.2 Å². The van der Waals surface area contributed by atoms with Crippen LogP contribution in [-0.2, 0) is 0 Å². The summed E-state index contributed by atoms with van der Waals surface area (Å²) in [5.41, 5.74) is 4.96. The minimum atomic E-state index is -1.09. The monoisotopic (exact) mass is 481 g/mol. The first-order valence-corrected chi connectivity index (χ1v) is 10.2. The third-order valence-corrected chi connectivity index (χ3v) is 5.16. The van der Waals surface area contributed by atoms with Crippen LogP contribution in [0.1, 0.15) is 23.0 Å². The highest BCUT2D eigenvalue weighted by atomic mass is 19.1. The minimum Gasteiger partial charge on any atom is -0.493 e. The molecule has 180 valence electrons. The fourth-order valence-electron chi connectivity index (χ4n) is 3.48. The van der Waals surface area contributed by atoms with Crippen molar-refractivity contribution < 1.29 is 18.3 Å². The van der Waals surface area contributed by atoms with Gasteiger partial charge < -0.3 is 20.5 Å². The molecule has 1 unspecified atom stereocenters. The van der Waals surface area contributed by atoms with Gasteiger partial charge in [-0.1, -0.05) is 6.07 Å². The lowest BCUT2D eigenvalue weighted by Gasteiger charge is -2.20. The Bertz CT molecular complexity index is 1440. The molecule has 5 N–H and O–H groups in total. The van der Waals surface area contributed by atoms with Crippen molar-refractivity contribution in [3.8, 4) is 17.3 Å². The number of hydrogen-bond acceptors (Lipinski definition) is 7. The normalized spacial score (nSPS) is 11.7. The van der Waals surface area contributed by atoms with Gasteiger partial charge in [-0.25, -0.2) is 18.6 Å². The molecule has 1 atom stereocenters. The molecule has 10 nitrogen and oxygen atoms in total. The molecule has 4 aromatic rings. The molecule has 0 saturated carbocycles. The minimum absolute atomic E-state index is 0.0304. The van der Waals surface area contributed by atoms with E-state index in [2.05, 4.69) is 20.4 Å². The number of rotatable bonds is 8. The average Bonchev–Trinajstić information content (AvgIpc) is 3.24. The number of aromatic amines is 1. The van der Waals surface area contributed by atoms with Crippen LogP contribution < -0.4 is 26.2 Å². The maximum Gasteiger partial charge on any atom is 0.349 e. The summed E-state index contributed by atoms with van der Waals surface area (Å²) in [6.45, 7) is 0. The van der Waals surface area contributed by atoms with Crippen LogP contribution in [0.5, 0.6) is 11.5 Å². The number of H-pyrrole nitrogens is 1. The van der Waals surface area contributed by atoms with Gasteiger partial charge in [-0.3, -0.25) is 10.4 Å². The third kappa shape index (κ3) is 4.67. The molecule has 2 aromatic carbocycles. The average molecular weight is 481 g/mol. The Hall–Kier alpha value is -4.74. The number of aromatic nitrogens is 4. The zero-order chi connectivity index (χ0) is 25.1. The number of nitrogens with two attached hydrogens (primary N) is 1. The number of nitrogens with one attached hydrogen (secondary N) is 3. The van der Waals surface area contributed by atoms with Crippen LogP contribution in [0.2, 0.25) is 0 Å². The second-order valence-electron chi connectivity index (χ2n) is 7.33. The molecule has 0 aliphatic carbocycles. The first-order chi connectivity index (χ1) is 16.8. The van der Waals surface area contributed by atoms with Gasteiger partial charge in [0.15, 0.2) is 23.1 Å². The van der Waals surface area contributed by atoms with Crippen molar-refractivity contribution in [2.45, 2.75) is 6.04 Å². The Morgan fingerprint density at radius 3 is 2.49 bits per heavy atom. The molecule has 0 spiro atoms. The van der Waals surface area contributed by atoms with E-state index in [9.17, 15) is 9.18 Å². The van der Waals surface area contributed by atoms with E-state index in [0.717, 1.165) is 16.8 Å². The molecule has 0 fully saturated rings. The summed E-state index contributed by atoms with van der Waals surface area (Å²) < 4.78 is 41.2. The molecule has 35 heavy (non-hydrogen) atoms. The Kier molecular flexibility index (Phi) is 6.44. The lowest BCUT2D eigenvalue weighted by atomic mass is 10.0.